The zero-order valence-electron chi connectivity index (χ0n) is 19.9. The maximum atomic E-state index is 13.9. The summed E-state index contributed by atoms with van der Waals surface area (Å²) in [6, 6.07) is 19.8. The minimum absolute atomic E-state index is 0.0756. The lowest BCUT2D eigenvalue weighted by Crippen LogP contribution is -2.38. The molecule has 4 aromatic rings. The van der Waals surface area contributed by atoms with Gasteiger partial charge in [-0.15, -0.1) is 0 Å². The molecule has 5 nitrogen and oxygen atoms in total. The zero-order chi connectivity index (χ0) is 25.7. The Labute approximate surface area is 234 Å². The van der Waals surface area contributed by atoms with Gasteiger partial charge >= 0.3 is 0 Å². The highest BCUT2D eigenvalue weighted by atomic mass is 79.9. The summed E-state index contributed by atoms with van der Waals surface area (Å²) >= 11 is 8.16. The van der Waals surface area contributed by atoms with Crippen molar-refractivity contribution >= 4 is 55.0 Å². The molecular formula is C29H22Br2N2O3S. The number of halogens is 2. The van der Waals surface area contributed by atoms with Crippen molar-refractivity contribution in [2.45, 2.75) is 25.8 Å². The minimum Gasteiger partial charge on any atom is -0.506 e. The lowest BCUT2D eigenvalue weighted by Gasteiger charge is -2.30. The number of thiazole rings is 1. The van der Waals surface area contributed by atoms with E-state index in [1.165, 1.54) is 16.9 Å². The van der Waals surface area contributed by atoms with Crippen LogP contribution in [0.4, 0.5) is 0 Å². The third-order valence-electron chi connectivity index (χ3n) is 6.72. The molecule has 1 aromatic heterocycles. The highest BCUT2D eigenvalue weighted by molar-refractivity contribution is 9.11. The molecule has 37 heavy (non-hydrogen) atoms. The first-order valence-corrected chi connectivity index (χ1v) is 14.4. The average molecular weight is 638 g/mol. The van der Waals surface area contributed by atoms with Crippen LogP contribution in [0.5, 0.6) is 11.5 Å². The highest BCUT2D eigenvalue weighted by Crippen LogP contribution is 2.41. The van der Waals surface area contributed by atoms with Crippen LogP contribution in [0, 0.1) is 0 Å². The van der Waals surface area contributed by atoms with E-state index in [4.69, 9.17) is 9.73 Å². The van der Waals surface area contributed by atoms with Crippen molar-refractivity contribution in [2.75, 3.05) is 6.61 Å². The largest absolute Gasteiger partial charge is 0.506 e. The number of hydrogen-bond donors (Lipinski definition) is 1. The maximum absolute atomic E-state index is 13.9. The third-order valence-corrected chi connectivity index (χ3v) is 8.91. The van der Waals surface area contributed by atoms with Gasteiger partial charge in [0.25, 0.3) is 5.56 Å². The van der Waals surface area contributed by atoms with Crippen LogP contribution in [-0.4, -0.2) is 16.3 Å². The van der Waals surface area contributed by atoms with E-state index in [1.54, 1.807) is 12.1 Å². The molecule has 0 spiro atoms. The van der Waals surface area contributed by atoms with Crippen molar-refractivity contribution in [3.63, 3.8) is 0 Å². The number of rotatable bonds is 4. The normalized spacial score (nSPS) is 16.6. The second-order valence-corrected chi connectivity index (χ2v) is 11.7. The van der Waals surface area contributed by atoms with Gasteiger partial charge in [-0.1, -0.05) is 47.7 Å². The summed E-state index contributed by atoms with van der Waals surface area (Å²) in [6.07, 6.45) is 3.61. The number of phenols is 1. The van der Waals surface area contributed by atoms with Gasteiger partial charge in [-0.2, -0.15) is 0 Å². The summed E-state index contributed by atoms with van der Waals surface area (Å²) in [5.74, 6) is 0.936. The van der Waals surface area contributed by atoms with E-state index in [2.05, 4.69) is 62.2 Å². The number of ether oxygens (including phenoxy) is 1. The minimum atomic E-state index is -0.240. The molecule has 186 valence electrons. The fourth-order valence-corrected chi connectivity index (χ4v) is 7.28. The second kappa shape index (κ2) is 9.74. The Hall–Kier alpha value is -2.94. The molecule has 1 unspecified atom stereocenters. The zero-order valence-corrected chi connectivity index (χ0v) is 23.9. The predicted molar refractivity (Wildman–Crippen MR) is 154 cm³/mol. The van der Waals surface area contributed by atoms with E-state index in [0.717, 1.165) is 46.6 Å². The quantitative estimate of drug-likeness (QED) is 0.301. The molecule has 0 saturated heterocycles. The molecule has 2 aliphatic rings. The predicted octanol–water partition coefficient (Wildman–Crippen LogP) is 5.95. The standard InChI is InChI=1S/C29H22Br2N2O3S/c1-2-36-19-10-7-18(8-11-19)26-21-12-9-17-5-3-4-6-20(17)25(21)32-29-33(26)28(35)24(37-29)15-16-13-22(30)27(34)23(31)14-16/h3-8,10-11,13-15,26,34H,2,9,12H2,1H3. The van der Waals surface area contributed by atoms with Gasteiger partial charge in [-0.25, -0.2) is 4.99 Å². The van der Waals surface area contributed by atoms with E-state index < -0.39 is 0 Å². The Balaban J connectivity index is 1.58. The monoisotopic (exact) mass is 636 g/mol. The van der Waals surface area contributed by atoms with Gasteiger partial charge in [0.15, 0.2) is 4.80 Å². The molecule has 3 aromatic carbocycles. The number of aryl methyl sites for hydroxylation is 1. The second-order valence-electron chi connectivity index (χ2n) is 8.95. The fourth-order valence-electron chi connectivity index (χ4n) is 5.06. The van der Waals surface area contributed by atoms with Crippen LogP contribution in [0.3, 0.4) is 0 Å². The number of allylic oxidation sites excluding steroid dienone is 1. The molecule has 1 atom stereocenters. The topological polar surface area (TPSA) is 63.8 Å². The first kappa shape index (κ1) is 24.4. The highest BCUT2D eigenvalue weighted by Gasteiger charge is 2.32. The van der Waals surface area contributed by atoms with Gasteiger partial charge in [0, 0.05) is 5.56 Å². The van der Waals surface area contributed by atoms with Crippen molar-refractivity contribution in [3.05, 3.63) is 117 Å². The van der Waals surface area contributed by atoms with E-state index in [1.807, 2.05) is 35.8 Å². The Kier molecular flexibility index (Phi) is 6.42. The van der Waals surface area contributed by atoms with Crippen LogP contribution in [0.25, 0.3) is 11.8 Å². The van der Waals surface area contributed by atoms with Gasteiger partial charge < -0.3 is 9.84 Å². The van der Waals surface area contributed by atoms with Crippen LogP contribution in [0.15, 0.2) is 85.0 Å². The molecule has 2 heterocycles. The molecule has 0 bridgehead atoms. The van der Waals surface area contributed by atoms with Crippen LogP contribution < -0.4 is 19.6 Å². The first-order chi connectivity index (χ1) is 17.9. The summed E-state index contributed by atoms with van der Waals surface area (Å²) < 4.78 is 9.20. The van der Waals surface area contributed by atoms with E-state index >= 15 is 0 Å². The number of hydrogen-bond acceptors (Lipinski definition) is 5. The lowest BCUT2D eigenvalue weighted by atomic mass is 9.83. The summed E-state index contributed by atoms with van der Waals surface area (Å²) in [5.41, 5.74) is 6.33. The maximum Gasteiger partial charge on any atom is 0.271 e. The molecule has 0 saturated carbocycles. The summed E-state index contributed by atoms with van der Waals surface area (Å²) in [4.78, 5) is 19.6. The molecular weight excluding hydrogens is 616 g/mol. The number of fused-ring (bicyclic) bond motifs is 3. The van der Waals surface area contributed by atoms with E-state index in [0.29, 0.717) is 24.9 Å². The number of benzene rings is 3. The molecule has 0 amide bonds. The van der Waals surface area contributed by atoms with Gasteiger partial charge in [0.2, 0.25) is 0 Å². The van der Waals surface area contributed by atoms with Gasteiger partial charge in [0.05, 0.1) is 31.8 Å². The Bertz CT molecular complexity index is 1730. The number of aromatic hydroxyl groups is 1. The molecule has 0 fully saturated rings. The molecule has 1 aliphatic carbocycles. The van der Waals surface area contributed by atoms with Gasteiger partial charge in [-0.05, 0) is 104 Å². The van der Waals surface area contributed by atoms with Crippen molar-refractivity contribution in [1.29, 1.82) is 0 Å². The molecule has 6 rings (SSSR count). The van der Waals surface area contributed by atoms with Crippen molar-refractivity contribution in [2.24, 2.45) is 4.99 Å². The van der Waals surface area contributed by atoms with Crippen molar-refractivity contribution in [3.8, 4) is 11.5 Å². The molecule has 1 aliphatic heterocycles. The molecule has 1 N–H and O–H groups in total. The van der Waals surface area contributed by atoms with Crippen LogP contribution in [0.1, 0.15) is 41.6 Å². The Morgan fingerprint density at radius 1 is 1.11 bits per heavy atom. The molecule has 0 radical (unpaired) electrons. The van der Waals surface area contributed by atoms with E-state index in [-0.39, 0.29) is 17.4 Å². The van der Waals surface area contributed by atoms with Crippen molar-refractivity contribution < 1.29 is 9.84 Å². The van der Waals surface area contributed by atoms with Crippen LogP contribution in [0.2, 0.25) is 0 Å². The number of nitrogens with zero attached hydrogens (tertiary/aromatic N) is 2. The average Bonchev–Trinajstić information content (AvgIpc) is 3.21. The summed E-state index contributed by atoms with van der Waals surface area (Å²) in [6.45, 7) is 2.57. The van der Waals surface area contributed by atoms with Crippen molar-refractivity contribution in [1.82, 2.24) is 4.57 Å². The Morgan fingerprint density at radius 3 is 2.57 bits per heavy atom. The smallest absolute Gasteiger partial charge is 0.271 e. The first-order valence-electron chi connectivity index (χ1n) is 12.0. The Morgan fingerprint density at radius 2 is 1.84 bits per heavy atom. The summed E-state index contributed by atoms with van der Waals surface area (Å²) in [7, 11) is 0. The number of aromatic nitrogens is 1. The SMILES string of the molecule is CCOc1ccc(C2C3=C(N=c4sc(=Cc5cc(Br)c(O)c(Br)c5)c(=O)n42)c2ccccc2CC3)cc1. The van der Waals surface area contributed by atoms with Crippen LogP contribution >= 0.6 is 43.2 Å². The van der Waals surface area contributed by atoms with E-state index in [9.17, 15) is 9.90 Å². The van der Waals surface area contributed by atoms with Crippen LogP contribution in [-0.2, 0) is 6.42 Å². The number of phenolic OH excluding ortho intramolecular Hbond substituents is 1. The molecule has 8 heteroatoms. The fraction of sp³-hybridized carbons (Fsp3) is 0.172. The third kappa shape index (κ3) is 4.31. The van der Waals surface area contributed by atoms with Gasteiger partial charge in [-0.3, -0.25) is 9.36 Å². The summed E-state index contributed by atoms with van der Waals surface area (Å²) in [5, 5.41) is 10.1. The van der Waals surface area contributed by atoms with Gasteiger partial charge in [0.1, 0.15) is 11.5 Å². The lowest BCUT2D eigenvalue weighted by molar-refractivity contribution is 0.340.